The van der Waals surface area contributed by atoms with E-state index in [1.807, 2.05) is 62.6 Å². The first kappa shape index (κ1) is 59.9. The molecule has 20 nitrogen and oxygen atoms in total. The molecule has 2 aliphatic heterocycles. The van der Waals surface area contributed by atoms with E-state index in [9.17, 15) is 19.2 Å². The summed E-state index contributed by atoms with van der Waals surface area (Å²) < 4.78 is 80.0. The van der Waals surface area contributed by atoms with Gasteiger partial charge in [-0.2, -0.15) is 0 Å². The van der Waals surface area contributed by atoms with Crippen LogP contribution in [-0.4, -0.2) is 171 Å². The van der Waals surface area contributed by atoms with Crippen LogP contribution in [0.4, 0.5) is 0 Å². The fraction of sp³-hybridized carbons (Fsp3) is 0.517. The lowest BCUT2D eigenvalue weighted by Gasteiger charge is -2.46. The molecule has 2 aliphatic rings. The molecule has 0 aliphatic carbocycles. The first-order chi connectivity index (χ1) is 37.7. The van der Waals surface area contributed by atoms with Gasteiger partial charge in [0.2, 0.25) is 23.7 Å². The molecule has 6 rings (SSSR count). The zero-order valence-electron chi connectivity index (χ0n) is 47.2. The summed E-state index contributed by atoms with van der Waals surface area (Å²) in [5.41, 5.74) is 5.85. The predicted octanol–water partition coefficient (Wildman–Crippen LogP) is 6.78. The summed E-state index contributed by atoms with van der Waals surface area (Å²) in [4.78, 5) is 51.4. The number of rotatable bonds is 31. The van der Waals surface area contributed by atoms with E-state index in [1.165, 1.54) is 0 Å². The van der Waals surface area contributed by atoms with Gasteiger partial charge in [0, 0.05) is 42.4 Å². The monoisotopic (exact) mass is 1090 g/mol. The van der Waals surface area contributed by atoms with Crippen molar-refractivity contribution in [1.29, 1.82) is 0 Å². The van der Waals surface area contributed by atoms with Crippen molar-refractivity contribution in [1.82, 2.24) is 0 Å². The molecule has 0 saturated carbocycles. The molecule has 0 bridgehead atoms. The second-order valence-corrected chi connectivity index (χ2v) is 19.7. The van der Waals surface area contributed by atoms with Crippen LogP contribution in [0.5, 0.6) is 57.5 Å². The van der Waals surface area contributed by atoms with Gasteiger partial charge in [-0.15, -0.1) is 0 Å². The Labute approximate surface area is 457 Å². The molecule has 0 spiro atoms. The van der Waals surface area contributed by atoms with Crippen molar-refractivity contribution >= 4 is 24.9 Å². The van der Waals surface area contributed by atoms with Crippen molar-refractivity contribution < 1.29 is 94.5 Å². The molecular weight excluding hydrogens is 1010 g/mol. The van der Waals surface area contributed by atoms with Crippen LogP contribution in [0.3, 0.4) is 0 Å². The molecule has 4 aromatic carbocycles. The van der Waals surface area contributed by atoms with E-state index in [4.69, 9.17) is 66.3 Å². The Balaban J connectivity index is 1.07. The summed E-state index contributed by atoms with van der Waals surface area (Å²) >= 11 is 0. The maximum atomic E-state index is 13.8. The van der Waals surface area contributed by atoms with Crippen LogP contribution in [0.25, 0.3) is 0 Å². The molecule has 426 valence electrons. The van der Waals surface area contributed by atoms with Gasteiger partial charge in [0.05, 0.1) is 111 Å². The van der Waals surface area contributed by atoms with Gasteiger partial charge in [-0.05, 0) is 84.8 Å². The lowest BCUT2D eigenvalue weighted by molar-refractivity contribution is -0.943. The molecule has 78 heavy (non-hydrogen) atoms. The summed E-state index contributed by atoms with van der Waals surface area (Å²) in [6.07, 6.45) is 2.14. The second-order valence-electron chi connectivity index (χ2n) is 19.7. The number of methoxy groups -OCH3 is 10. The Morgan fingerprint density at radius 1 is 0.487 bits per heavy atom. The molecule has 6 unspecified atom stereocenters. The number of hydrogen-bond acceptors (Lipinski definition) is 18. The van der Waals surface area contributed by atoms with E-state index in [0.29, 0.717) is 131 Å². The van der Waals surface area contributed by atoms with Gasteiger partial charge in [-0.1, -0.05) is 6.07 Å². The average Bonchev–Trinajstić information content (AvgIpc) is 3.66. The molecular formula is C58H78N2O18+2. The van der Waals surface area contributed by atoms with Gasteiger partial charge in [0.1, 0.15) is 25.2 Å². The Kier molecular flexibility index (Phi) is 21.4. The van der Waals surface area contributed by atoms with Gasteiger partial charge in [0.25, 0.3) is 12.9 Å². The van der Waals surface area contributed by atoms with Gasteiger partial charge in [0.15, 0.2) is 46.0 Å². The van der Waals surface area contributed by atoms with Gasteiger partial charge in [-0.3, -0.25) is 9.59 Å². The summed E-state index contributed by atoms with van der Waals surface area (Å²) in [7, 11) is 19.8. The lowest BCUT2D eigenvalue weighted by Crippen LogP contribution is -2.57. The van der Waals surface area contributed by atoms with Crippen molar-refractivity contribution in [3.8, 4) is 57.5 Å². The SMILES string of the molecule is COc1cc2c(cc1OC)C(Cc1cc(OC)c(OC)c(OC)c1)[N+](C)(CC(OC=O)C(=O)OCCCCCCOC(=O)C(C[N+]1(C)CCc3cc(OC)c(OC)cc3C1Cc1ccc(OC)c(OC)c1OC)OC=O)CC2. The van der Waals surface area contributed by atoms with Crippen molar-refractivity contribution in [2.75, 3.05) is 125 Å². The fourth-order valence-corrected chi connectivity index (χ4v) is 11.1. The minimum atomic E-state index is -1.20. The van der Waals surface area contributed by atoms with E-state index < -0.39 is 24.1 Å². The number of ether oxygens (including phenoxy) is 14. The number of nitrogens with zero attached hydrogens (tertiary/aromatic N) is 2. The minimum Gasteiger partial charge on any atom is -0.493 e. The van der Waals surface area contributed by atoms with E-state index in [1.54, 1.807) is 71.1 Å². The van der Waals surface area contributed by atoms with Gasteiger partial charge in [-0.25, -0.2) is 9.59 Å². The Hall–Kier alpha value is -7.32. The zero-order chi connectivity index (χ0) is 56.6. The Morgan fingerprint density at radius 2 is 0.897 bits per heavy atom. The topological polar surface area (TPSA) is 197 Å². The summed E-state index contributed by atoms with van der Waals surface area (Å²) in [5, 5.41) is 0. The third-order valence-electron chi connectivity index (χ3n) is 15.3. The zero-order valence-corrected chi connectivity index (χ0v) is 47.2. The number of esters is 2. The Morgan fingerprint density at radius 3 is 1.29 bits per heavy atom. The highest BCUT2D eigenvalue weighted by Gasteiger charge is 2.46. The number of carbonyl (C=O) groups is 4. The largest absolute Gasteiger partial charge is 0.493 e. The number of unbranched alkanes of at least 4 members (excludes halogenated alkanes) is 3. The first-order valence-corrected chi connectivity index (χ1v) is 25.9. The number of benzene rings is 4. The normalized spacial score (nSPS) is 19.0. The van der Waals surface area contributed by atoms with Crippen LogP contribution in [-0.2, 0) is 63.8 Å². The van der Waals surface area contributed by atoms with E-state index in [0.717, 1.165) is 33.4 Å². The third kappa shape index (κ3) is 13.5. The smallest absolute Gasteiger partial charge is 0.353 e. The number of likely N-dealkylation sites (N-methyl/N-ethyl adjacent to an activating group) is 2. The lowest BCUT2D eigenvalue weighted by atomic mass is 9.85. The highest BCUT2D eigenvalue weighted by Crippen LogP contribution is 2.48. The minimum absolute atomic E-state index is 0.0813. The van der Waals surface area contributed by atoms with Crippen LogP contribution >= 0.6 is 0 Å². The van der Waals surface area contributed by atoms with E-state index >= 15 is 0 Å². The van der Waals surface area contributed by atoms with Crippen molar-refractivity contribution in [2.24, 2.45) is 0 Å². The number of fused-ring (bicyclic) bond motifs is 2. The van der Waals surface area contributed by atoms with Crippen LogP contribution in [0.1, 0.15) is 71.1 Å². The predicted molar refractivity (Wildman–Crippen MR) is 286 cm³/mol. The van der Waals surface area contributed by atoms with E-state index in [2.05, 4.69) is 0 Å². The van der Waals surface area contributed by atoms with Crippen LogP contribution < -0.4 is 47.4 Å². The third-order valence-corrected chi connectivity index (χ3v) is 15.3. The molecule has 0 radical (unpaired) electrons. The van der Waals surface area contributed by atoms with Crippen molar-refractivity contribution in [3.05, 3.63) is 81.9 Å². The number of carbonyl (C=O) groups excluding carboxylic acids is 4. The quantitative estimate of drug-likeness (QED) is 0.0168. The highest BCUT2D eigenvalue weighted by atomic mass is 16.6. The summed E-state index contributed by atoms with van der Waals surface area (Å²) in [5.74, 6) is 3.99. The maximum absolute atomic E-state index is 13.8. The standard InChI is InChI=1S/C58H78N2O18/c1-59(21-19-38-29-46(66-4)48(68-6)31-41(38)43(59)25-37-26-50(70-8)55(73-11)51(27-37)71-9)33-52(77-35-61)57(63)75-23-15-13-14-16-24-76-58(64)53(78-36-62)34-60(2)22-20-39-30-47(67-5)49(69-7)32-42(39)44(60)28-40-17-18-45(65-3)56(74-12)54(40)72-10/h17-18,26-27,29-32,35-36,43-44,52-53H,13-16,19-25,28,33-34H2,1-12H3/q+2. The maximum Gasteiger partial charge on any atom is 0.353 e. The van der Waals surface area contributed by atoms with Crippen molar-refractivity contribution in [2.45, 2.75) is 75.7 Å². The van der Waals surface area contributed by atoms with Crippen LogP contribution in [0.15, 0.2) is 48.5 Å². The highest BCUT2D eigenvalue weighted by molar-refractivity contribution is 5.76. The Bertz CT molecular complexity index is 2670. The van der Waals surface area contributed by atoms with Crippen LogP contribution in [0.2, 0.25) is 0 Å². The number of hydrogen-bond donors (Lipinski definition) is 0. The summed E-state index contributed by atoms with van der Waals surface area (Å²) in [6.45, 7) is 2.17. The van der Waals surface area contributed by atoms with Gasteiger partial charge < -0.3 is 75.3 Å². The molecule has 2 heterocycles. The molecule has 4 aromatic rings. The molecule has 0 fully saturated rings. The first-order valence-electron chi connectivity index (χ1n) is 25.9. The second kappa shape index (κ2) is 27.8. The van der Waals surface area contributed by atoms with Crippen molar-refractivity contribution in [3.63, 3.8) is 0 Å². The molecule has 6 atom stereocenters. The van der Waals surface area contributed by atoms with Crippen LogP contribution in [0, 0.1) is 0 Å². The van der Waals surface area contributed by atoms with Gasteiger partial charge >= 0.3 is 11.9 Å². The number of quaternary nitrogens is 2. The molecule has 0 aromatic heterocycles. The van der Waals surface area contributed by atoms with E-state index in [-0.39, 0.29) is 51.3 Å². The molecule has 0 amide bonds. The molecule has 0 saturated heterocycles. The molecule has 0 N–H and O–H groups in total. The fourth-order valence-electron chi connectivity index (χ4n) is 11.1. The summed E-state index contributed by atoms with van der Waals surface area (Å²) in [6, 6.07) is 14.9. The average molecular weight is 1090 g/mol. The molecule has 20 heteroatoms.